The zero-order valence-corrected chi connectivity index (χ0v) is 16.7. The number of aromatic nitrogens is 1. The van der Waals surface area contributed by atoms with E-state index in [1.807, 2.05) is 11.3 Å². The van der Waals surface area contributed by atoms with Crippen molar-refractivity contribution in [1.82, 2.24) is 4.57 Å². The van der Waals surface area contributed by atoms with Gasteiger partial charge in [0.1, 0.15) is 0 Å². The molecule has 0 spiro atoms. The Morgan fingerprint density at radius 2 is 1.33 bits per heavy atom. The van der Waals surface area contributed by atoms with E-state index in [9.17, 15) is 0 Å². The van der Waals surface area contributed by atoms with Crippen LogP contribution in [0.3, 0.4) is 0 Å². The van der Waals surface area contributed by atoms with Crippen molar-refractivity contribution in [3.63, 3.8) is 0 Å². The average Bonchev–Trinajstić information content (AvgIpc) is 3.23. The molecular formula is C24H14BrNS. The molecule has 6 aromatic rings. The molecule has 0 N–H and O–H groups in total. The van der Waals surface area contributed by atoms with Gasteiger partial charge in [-0.15, -0.1) is 11.3 Å². The molecule has 4 aromatic carbocycles. The highest BCUT2D eigenvalue weighted by Gasteiger charge is 2.13. The second-order valence-corrected chi connectivity index (χ2v) is 8.79. The van der Waals surface area contributed by atoms with E-state index in [0.717, 1.165) is 4.47 Å². The van der Waals surface area contributed by atoms with Crippen molar-refractivity contribution in [2.45, 2.75) is 0 Å². The lowest BCUT2D eigenvalue weighted by molar-refractivity contribution is 1.19. The standard InChI is InChI=1S/C24H14BrNS/c25-15-9-11-22-19(13-15)17-5-1-3-7-21(17)26(22)16-10-12-24-20(14-16)18-6-2-4-8-23(18)27-24/h1-14H. The van der Waals surface area contributed by atoms with Gasteiger partial charge in [0, 0.05) is 41.1 Å². The molecular weight excluding hydrogens is 414 g/mol. The molecule has 0 atom stereocenters. The van der Waals surface area contributed by atoms with Gasteiger partial charge in [0.05, 0.1) is 11.0 Å². The molecule has 6 rings (SSSR count). The Bertz CT molecular complexity index is 1490. The van der Waals surface area contributed by atoms with Crippen molar-refractivity contribution in [1.29, 1.82) is 0 Å². The van der Waals surface area contributed by atoms with Crippen LogP contribution in [-0.2, 0) is 0 Å². The molecule has 128 valence electrons. The number of thiophene rings is 1. The van der Waals surface area contributed by atoms with Crippen LogP contribution in [0.5, 0.6) is 0 Å². The van der Waals surface area contributed by atoms with Crippen LogP contribution in [0.15, 0.2) is 89.4 Å². The maximum atomic E-state index is 3.63. The molecule has 0 saturated carbocycles. The van der Waals surface area contributed by atoms with Gasteiger partial charge in [-0.1, -0.05) is 52.3 Å². The number of para-hydroxylation sites is 1. The molecule has 0 amide bonds. The van der Waals surface area contributed by atoms with Crippen molar-refractivity contribution < 1.29 is 0 Å². The van der Waals surface area contributed by atoms with Gasteiger partial charge in [0.15, 0.2) is 0 Å². The van der Waals surface area contributed by atoms with Crippen LogP contribution >= 0.6 is 27.3 Å². The first-order valence-electron chi connectivity index (χ1n) is 8.90. The Hall–Kier alpha value is -2.62. The first-order valence-corrected chi connectivity index (χ1v) is 10.5. The maximum Gasteiger partial charge on any atom is 0.0541 e. The van der Waals surface area contributed by atoms with Gasteiger partial charge < -0.3 is 4.57 Å². The molecule has 3 heteroatoms. The first-order chi connectivity index (χ1) is 13.3. The quantitative estimate of drug-likeness (QED) is 0.251. The van der Waals surface area contributed by atoms with E-state index < -0.39 is 0 Å². The minimum atomic E-state index is 1.11. The third-order valence-electron chi connectivity index (χ3n) is 5.25. The minimum absolute atomic E-state index is 1.11. The predicted molar refractivity (Wildman–Crippen MR) is 121 cm³/mol. The summed E-state index contributed by atoms with van der Waals surface area (Å²) in [4.78, 5) is 0. The van der Waals surface area contributed by atoms with Crippen molar-refractivity contribution in [2.24, 2.45) is 0 Å². The van der Waals surface area contributed by atoms with Crippen LogP contribution in [-0.4, -0.2) is 4.57 Å². The average molecular weight is 428 g/mol. The van der Waals surface area contributed by atoms with Crippen molar-refractivity contribution in [3.05, 3.63) is 89.4 Å². The number of hydrogen-bond acceptors (Lipinski definition) is 1. The van der Waals surface area contributed by atoms with Crippen LogP contribution in [0.4, 0.5) is 0 Å². The number of fused-ring (bicyclic) bond motifs is 6. The van der Waals surface area contributed by atoms with E-state index in [-0.39, 0.29) is 0 Å². The minimum Gasteiger partial charge on any atom is -0.309 e. The maximum absolute atomic E-state index is 3.63. The lowest BCUT2D eigenvalue weighted by Crippen LogP contribution is -1.93. The van der Waals surface area contributed by atoms with Crippen LogP contribution in [0, 0.1) is 0 Å². The SMILES string of the molecule is Brc1ccc2c(c1)c1ccccc1n2-c1ccc2sc3ccccc3c2c1. The van der Waals surface area contributed by atoms with Gasteiger partial charge in [-0.3, -0.25) is 0 Å². The van der Waals surface area contributed by atoms with Gasteiger partial charge >= 0.3 is 0 Å². The van der Waals surface area contributed by atoms with Gasteiger partial charge in [0.25, 0.3) is 0 Å². The molecule has 0 aliphatic heterocycles. The summed E-state index contributed by atoms with van der Waals surface area (Å²) in [7, 11) is 0. The first kappa shape index (κ1) is 15.4. The van der Waals surface area contributed by atoms with Gasteiger partial charge in [0.2, 0.25) is 0 Å². The van der Waals surface area contributed by atoms with Crippen LogP contribution in [0.25, 0.3) is 47.7 Å². The Labute approximate surface area is 168 Å². The summed E-state index contributed by atoms with van der Waals surface area (Å²) in [6, 6.07) is 30.7. The topological polar surface area (TPSA) is 4.93 Å². The Balaban J connectivity index is 1.75. The highest BCUT2D eigenvalue weighted by Crippen LogP contribution is 2.38. The zero-order chi connectivity index (χ0) is 18.0. The molecule has 0 aliphatic rings. The molecule has 0 fully saturated rings. The Morgan fingerprint density at radius 1 is 0.593 bits per heavy atom. The van der Waals surface area contributed by atoms with Crippen LogP contribution in [0.1, 0.15) is 0 Å². The summed E-state index contributed by atoms with van der Waals surface area (Å²) in [6.45, 7) is 0. The summed E-state index contributed by atoms with van der Waals surface area (Å²) in [5, 5.41) is 5.22. The molecule has 2 aromatic heterocycles. The lowest BCUT2D eigenvalue weighted by atomic mass is 10.1. The smallest absolute Gasteiger partial charge is 0.0541 e. The van der Waals surface area contributed by atoms with Gasteiger partial charge in [-0.05, 0) is 48.5 Å². The molecule has 0 saturated heterocycles. The molecule has 27 heavy (non-hydrogen) atoms. The van der Waals surface area contributed by atoms with E-state index in [1.54, 1.807) is 0 Å². The van der Waals surface area contributed by atoms with E-state index >= 15 is 0 Å². The normalized spacial score (nSPS) is 11.9. The summed E-state index contributed by atoms with van der Waals surface area (Å²) in [5.41, 5.74) is 3.68. The van der Waals surface area contributed by atoms with E-state index in [2.05, 4.69) is 105 Å². The van der Waals surface area contributed by atoms with Crippen molar-refractivity contribution in [2.75, 3.05) is 0 Å². The highest BCUT2D eigenvalue weighted by atomic mass is 79.9. The molecule has 0 aliphatic carbocycles. The number of rotatable bonds is 1. The lowest BCUT2D eigenvalue weighted by Gasteiger charge is -2.08. The summed E-state index contributed by atoms with van der Waals surface area (Å²) in [5.74, 6) is 0. The summed E-state index contributed by atoms with van der Waals surface area (Å²) in [6.07, 6.45) is 0. The molecule has 0 bridgehead atoms. The molecule has 2 heterocycles. The van der Waals surface area contributed by atoms with Crippen molar-refractivity contribution >= 4 is 69.2 Å². The predicted octanol–water partition coefficient (Wildman–Crippen LogP) is 7.91. The molecule has 1 nitrogen and oxygen atoms in total. The van der Waals surface area contributed by atoms with Crippen LogP contribution in [0.2, 0.25) is 0 Å². The third-order valence-corrected chi connectivity index (χ3v) is 6.90. The van der Waals surface area contributed by atoms with Gasteiger partial charge in [-0.2, -0.15) is 0 Å². The van der Waals surface area contributed by atoms with Crippen LogP contribution < -0.4 is 0 Å². The van der Waals surface area contributed by atoms with E-state index in [1.165, 1.54) is 47.7 Å². The Kier molecular flexibility index (Phi) is 3.25. The number of benzene rings is 4. The van der Waals surface area contributed by atoms with Gasteiger partial charge in [-0.25, -0.2) is 0 Å². The zero-order valence-electron chi connectivity index (χ0n) is 14.3. The monoisotopic (exact) mass is 427 g/mol. The molecule has 0 unspecified atom stereocenters. The number of hydrogen-bond donors (Lipinski definition) is 0. The fourth-order valence-electron chi connectivity index (χ4n) is 4.08. The number of halogens is 1. The Morgan fingerprint density at radius 3 is 2.26 bits per heavy atom. The summed E-state index contributed by atoms with van der Waals surface area (Å²) < 4.78 is 6.17. The fourth-order valence-corrected chi connectivity index (χ4v) is 5.52. The van der Waals surface area contributed by atoms with E-state index in [0.29, 0.717) is 0 Å². The summed E-state index contributed by atoms with van der Waals surface area (Å²) >= 11 is 5.49. The third kappa shape index (κ3) is 2.22. The largest absolute Gasteiger partial charge is 0.309 e. The highest BCUT2D eigenvalue weighted by molar-refractivity contribution is 9.10. The fraction of sp³-hybridized carbons (Fsp3) is 0. The number of nitrogens with zero attached hydrogens (tertiary/aromatic N) is 1. The second kappa shape index (κ2) is 5.69. The van der Waals surface area contributed by atoms with E-state index in [4.69, 9.17) is 0 Å². The molecule has 0 radical (unpaired) electrons. The van der Waals surface area contributed by atoms with Crippen molar-refractivity contribution in [3.8, 4) is 5.69 Å². The second-order valence-electron chi connectivity index (χ2n) is 6.79.